The molecule has 2 aromatic carbocycles. The second-order valence-corrected chi connectivity index (χ2v) is 11.1. The Hall–Kier alpha value is -2.29. The topological polar surface area (TPSA) is 86.8 Å². The van der Waals surface area contributed by atoms with Crippen LogP contribution in [0.15, 0.2) is 42.5 Å². The van der Waals surface area contributed by atoms with E-state index >= 15 is 0 Å². The molecule has 0 bridgehead atoms. The standard InChI is InChI=1S/C25H33Cl2N3O4S/c1-5-22(25(32)28-6-2)29(17-19-11-8-7-10-18(19)3)24(31)12-9-15-30(35(4,33)34)23-16-20(26)13-14-21(23)27/h7-8,10-11,13-14,16,22H,5-6,9,12,15,17H2,1-4H3,(H,28,32)/t22-/m0/s1. The van der Waals surface area contributed by atoms with Crippen LogP contribution in [-0.2, 0) is 26.2 Å². The minimum Gasteiger partial charge on any atom is -0.355 e. The van der Waals surface area contributed by atoms with Gasteiger partial charge < -0.3 is 10.2 Å². The largest absolute Gasteiger partial charge is 0.355 e. The summed E-state index contributed by atoms with van der Waals surface area (Å²) in [5, 5.41) is 3.41. The van der Waals surface area contributed by atoms with Crippen molar-refractivity contribution in [2.45, 2.75) is 52.6 Å². The summed E-state index contributed by atoms with van der Waals surface area (Å²) in [6.07, 6.45) is 1.84. The Bertz CT molecular complexity index is 1140. The van der Waals surface area contributed by atoms with Crippen molar-refractivity contribution >= 4 is 50.7 Å². The molecule has 0 radical (unpaired) electrons. The smallest absolute Gasteiger partial charge is 0.242 e. The van der Waals surface area contributed by atoms with E-state index in [2.05, 4.69) is 5.32 Å². The normalized spacial score (nSPS) is 12.2. The number of benzene rings is 2. The molecule has 192 valence electrons. The van der Waals surface area contributed by atoms with Gasteiger partial charge in [-0.3, -0.25) is 13.9 Å². The summed E-state index contributed by atoms with van der Waals surface area (Å²) in [5.41, 5.74) is 2.24. The van der Waals surface area contributed by atoms with E-state index < -0.39 is 16.1 Å². The fourth-order valence-corrected chi connectivity index (χ4v) is 5.25. The number of rotatable bonds is 12. The number of sulfonamides is 1. The monoisotopic (exact) mass is 541 g/mol. The van der Waals surface area contributed by atoms with E-state index in [0.29, 0.717) is 18.0 Å². The number of halogens is 2. The van der Waals surface area contributed by atoms with Gasteiger partial charge in [0.1, 0.15) is 6.04 Å². The molecular formula is C25H33Cl2N3O4S. The van der Waals surface area contributed by atoms with Crippen LogP contribution in [0.1, 0.15) is 44.2 Å². The third-order valence-electron chi connectivity index (χ3n) is 5.67. The maximum absolute atomic E-state index is 13.4. The van der Waals surface area contributed by atoms with Gasteiger partial charge in [0.2, 0.25) is 21.8 Å². The molecule has 0 unspecified atom stereocenters. The Kier molecular flexibility index (Phi) is 10.9. The van der Waals surface area contributed by atoms with E-state index in [9.17, 15) is 18.0 Å². The van der Waals surface area contributed by atoms with Gasteiger partial charge >= 0.3 is 0 Å². The lowest BCUT2D eigenvalue weighted by atomic mass is 10.1. The molecule has 2 rings (SSSR count). The van der Waals surface area contributed by atoms with E-state index in [1.807, 2.05) is 45.0 Å². The number of aryl methyl sites for hydroxylation is 1. The second-order valence-electron chi connectivity index (χ2n) is 8.30. The second kappa shape index (κ2) is 13.1. The summed E-state index contributed by atoms with van der Waals surface area (Å²) in [5.74, 6) is -0.433. The molecule has 2 amide bonds. The zero-order valence-electron chi connectivity index (χ0n) is 20.6. The first kappa shape index (κ1) is 28.9. The maximum atomic E-state index is 13.4. The molecular weight excluding hydrogens is 509 g/mol. The van der Waals surface area contributed by atoms with Crippen LogP contribution in [-0.4, -0.2) is 50.5 Å². The van der Waals surface area contributed by atoms with E-state index in [-0.39, 0.29) is 48.5 Å². The zero-order valence-corrected chi connectivity index (χ0v) is 22.9. The van der Waals surface area contributed by atoms with Crippen molar-refractivity contribution in [1.29, 1.82) is 0 Å². The molecule has 0 saturated carbocycles. The van der Waals surface area contributed by atoms with Crippen molar-refractivity contribution in [2.24, 2.45) is 0 Å². The van der Waals surface area contributed by atoms with Gasteiger partial charge in [0.15, 0.2) is 0 Å². The Balaban J connectivity index is 2.25. The predicted octanol–water partition coefficient (Wildman–Crippen LogP) is 4.79. The Morgan fingerprint density at radius 2 is 1.77 bits per heavy atom. The van der Waals surface area contributed by atoms with E-state index in [1.165, 1.54) is 12.1 Å². The molecule has 0 aliphatic rings. The average Bonchev–Trinajstić information content (AvgIpc) is 2.79. The van der Waals surface area contributed by atoms with E-state index in [0.717, 1.165) is 21.7 Å². The number of carbonyl (C=O) groups is 2. The molecule has 0 fully saturated rings. The molecule has 2 aromatic rings. The minimum absolute atomic E-state index is 0.0424. The van der Waals surface area contributed by atoms with Gasteiger partial charge in [-0.15, -0.1) is 0 Å². The van der Waals surface area contributed by atoms with Gasteiger partial charge in [-0.1, -0.05) is 54.4 Å². The Morgan fingerprint density at radius 3 is 2.37 bits per heavy atom. The van der Waals surface area contributed by atoms with Crippen LogP contribution in [0, 0.1) is 6.92 Å². The highest BCUT2D eigenvalue weighted by molar-refractivity contribution is 7.92. The first-order valence-corrected chi connectivity index (χ1v) is 14.1. The maximum Gasteiger partial charge on any atom is 0.242 e. The lowest BCUT2D eigenvalue weighted by Gasteiger charge is -2.31. The third kappa shape index (κ3) is 8.12. The number of carbonyl (C=O) groups excluding carboxylic acids is 2. The summed E-state index contributed by atoms with van der Waals surface area (Å²) in [7, 11) is -3.67. The number of likely N-dealkylation sites (N-methyl/N-ethyl adjacent to an activating group) is 1. The van der Waals surface area contributed by atoms with Crippen LogP contribution in [0.25, 0.3) is 0 Å². The highest BCUT2D eigenvalue weighted by Gasteiger charge is 2.29. The average molecular weight is 543 g/mol. The molecule has 7 nitrogen and oxygen atoms in total. The van der Waals surface area contributed by atoms with Gasteiger partial charge in [0, 0.05) is 31.1 Å². The molecule has 0 heterocycles. The fourth-order valence-electron chi connectivity index (χ4n) is 3.84. The lowest BCUT2D eigenvalue weighted by Crippen LogP contribution is -2.49. The number of hydrogen-bond acceptors (Lipinski definition) is 4. The van der Waals surface area contributed by atoms with Gasteiger partial charge in [-0.2, -0.15) is 0 Å². The first-order valence-electron chi connectivity index (χ1n) is 11.5. The molecule has 0 spiro atoms. The van der Waals surface area contributed by atoms with Crippen LogP contribution < -0.4 is 9.62 Å². The number of nitrogens with one attached hydrogen (secondary N) is 1. The third-order valence-corrected chi connectivity index (χ3v) is 7.40. The molecule has 1 N–H and O–H groups in total. The molecule has 1 atom stereocenters. The number of amides is 2. The molecule has 0 aliphatic heterocycles. The van der Waals surface area contributed by atoms with E-state index in [1.54, 1.807) is 11.0 Å². The minimum atomic E-state index is -3.67. The van der Waals surface area contributed by atoms with Crippen molar-refractivity contribution in [3.63, 3.8) is 0 Å². The Labute approximate surface area is 218 Å². The van der Waals surface area contributed by atoms with Crippen molar-refractivity contribution < 1.29 is 18.0 Å². The number of anilines is 1. The van der Waals surface area contributed by atoms with Crippen LogP contribution in [0.5, 0.6) is 0 Å². The van der Waals surface area contributed by atoms with Crippen LogP contribution >= 0.6 is 23.2 Å². The summed E-state index contributed by atoms with van der Waals surface area (Å²) in [6.45, 7) is 6.45. The summed E-state index contributed by atoms with van der Waals surface area (Å²) in [6, 6.07) is 11.7. The summed E-state index contributed by atoms with van der Waals surface area (Å²) < 4.78 is 26.1. The quantitative estimate of drug-likeness (QED) is 0.418. The summed E-state index contributed by atoms with van der Waals surface area (Å²) >= 11 is 12.3. The molecule has 0 aliphatic carbocycles. The van der Waals surface area contributed by atoms with Crippen molar-refractivity contribution in [1.82, 2.24) is 10.2 Å². The molecule has 0 aromatic heterocycles. The predicted molar refractivity (Wildman–Crippen MR) is 142 cm³/mol. The van der Waals surface area contributed by atoms with E-state index in [4.69, 9.17) is 23.2 Å². The van der Waals surface area contributed by atoms with Crippen LogP contribution in [0.2, 0.25) is 10.0 Å². The fraction of sp³-hybridized carbons (Fsp3) is 0.440. The van der Waals surface area contributed by atoms with Crippen LogP contribution in [0.4, 0.5) is 5.69 Å². The summed E-state index contributed by atoms with van der Waals surface area (Å²) in [4.78, 5) is 27.7. The molecule has 0 saturated heterocycles. The SMILES string of the molecule is CCNC(=O)[C@H](CC)N(Cc1ccccc1C)C(=O)CCCN(c1cc(Cl)ccc1Cl)S(C)(=O)=O. The van der Waals surface area contributed by atoms with Crippen molar-refractivity contribution in [3.8, 4) is 0 Å². The molecule has 35 heavy (non-hydrogen) atoms. The highest BCUT2D eigenvalue weighted by Crippen LogP contribution is 2.31. The van der Waals surface area contributed by atoms with Gasteiger partial charge in [-0.25, -0.2) is 8.42 Å². The number of nitrogens with zero attached hydrogens (tertiary/aromatic N) is 2. The Morgan fingerprint density at radius 1 is 1.09 bits per heavy atom. The zero-order chi connectivity index (χ0) is 26.2. The van der Waals surface area contributed by atoms with Crippen molar-refractivity contribution in [2.75, 3.05) is 23.7 Å². The molecule has 10 heteroatoms. The van der Waals surface area contributed by atoms with Gasteiger partial charge in [0.05, 0.1) is 17.0 Å². The first-order chi connectivity index (χ1) is 16.5. The van der Waals surface area contributed by atoms with Gasteiger partial charge in [-0.05, 0) is 56.0 Å². The van der Waals surface area contributed by atoms with Crippen molar-refractivity contribution in [3.05, 3.63) is 63.6 Å². The highest BCUT2D eigenvalue weighted by atomic mass is 35.5. The van der Waals surface area contributed by atoms with Crippen LogP contribution in [0.3, 0.4) is 0 Å². The number of hydrogen-bond donors (Lipinski definition) is 1. The lowest BCUT2D eigenvalue weighted by molar-refractivity contribution is -0.141. The van der Waals surface area contributed by atoms with Gasteiger partial charge in [0.25, 0.3) is 0 Å².